The number of likely N-dealkylation sites (N-methyl/N-ethyl adjacent to an activating group) is 1. The first-order valence-electron chi connectivity index (χ1n) is 8.38. The lowest BCUT2D eigenvalue weighted by molar-refractivity contribution is 0.0752. The van der Waals surface area contributed by atoms with Crippen LogP contribution in [0.2, 0.25) is 0 Å². The first-order chi connectivity index (χ1) is 12.8. The monoisotopic (exact) mass is 373 g/mol. The highest BCUT2D eigenvalue weighted by Crippen LogP contribution is 2.30. The molecule has 1 aliphatic rings. The van der Waals surface area contributed by atoms with Gasteiger partial charge in [0.05, 0.1) is 28.8 Å². The summed E-state index contributed by atoms with van der Waals surface area (Å²) < 4.78 is 29.5. The summed E-state index contributed by atoms with van der Waals surface area (Å²) >= 11 is 0. The molecule has 0 unspecified atom stereocenters. The number of aryl methyl sites for hydroxylation is 1. The van der Waals surface area contributed by atoms with Gasteiger partial charge in [0.2, 0.25) is 0 Å². The average Bonchev–Trinajstić information content (AvgIpc) is 2.93. The van der Waals surface area contributed by atoms with E-state index in [2.05, 4.69) is 5.10 Å². The number of aromatic nitrogens is 3. The molecular formula is C18H17F2N5O2. The zero-order chi connectivity index (χ0) is 19.5. The molecule has 1 amide bonds. The molecule has 0 spiro atoms. The van der Waals surface area contributed by atoms with Crippen molar-refractivity contribution in [1.29, 1.82) is 0 Å². The third-order valence-corrected chi connectivity index (χ3v) is 4.89. The Morgan fingerprint density at radius 1 is 1.19 bits per heavy atom. The fraction of sp³-hybridized carbons (Fsp3) is 0.278. The maximum Gasteiger partial charge on any atom is 0.278 e. The summed E-state index contributed by atoms with van der Waals surface area (Å²) in [5.41, 5.74) is 7.55. The Bertz CT molecular complexity index is 1160. The fourth-order valence-corrected chi connectivity index (χ4v) is 3.54. The maximum absolute atomic E-state index is 13.5. The van der Waals surface area contributed by atoms with Crippen LogP contribution in [0.5, 0.6) is 0 Å². The molecule has 27 heavy (non-hydrogen) atoms. The summed E-state index contributed by atoms with van der Waals surface area (Å²) in [6.45, 7) is 2.70. The van der Waals surface area contributed by atoms with Crippen LogP contribution in [0.3, 0.4) is 0 Å². The number of amides is 1. The molecule has 0 aliphatic carbocycles. The molecule has 9 heteroatoms. The van der Waals surface area contributed by atoms with Gasteiger partial charge in [-0.25, -0.2) is 13.5 Å². The molecule has 0 fully saturated rings. The predicted octanol–water partition coefficient (Wildman–Crippen LogP) is 1.50. The van der Waals surface area contributed by atoms with Crippen molar-refractivity contribution in [3.8, 4) is 0 Å². The molecule has 4 rings (SSSR count). The number of nitrogens with two attached hydrogens (primary N) is 1. The number of hydrogen-bond donors (Lipinski definition) is 1. The van der Waals surface area contributed by atoms with E-state index in [0.29, 0.717) is 29.9 Å². The minimum absolute atomic E-state index is 0.0411. The number of carbonyl (C=O) groups excluding carboxylic acids is 1. The molecule has 2 aromatic heterocycles. The second-order valence-corrected chi connectivity index (χ2v) is 6.66. The minimum Gasteiger partial charge on any atom is -0.396 e. The molecule has 0 saturated heterocycles. The van der Waals surface area contributed by atoms with E-state index in [1.54, 1.807) is 23.4 Å². The number of halogens is 2. The van der Waals surface area contributed by atoms with Gasteiger partial charge in [0.1, 0.15) is 5.69 Å². The standard InChI is InChI=1S/C18H17F2N5O2/c1-9-15-13(14(21)16-18(27)23(2)5-6-24(15)16)17(26)25(22-9)8-10-3-4-11(19)12(20)7-10/h3-4,7H,5-6,8,21H2,1-2H3. The van der Waals surface area contributed by atoms with Crippen molar-refractivity contribution < 1.29 is 13.6 Å². The molecule has 7 nitrogen and oxygen atoms in total. The summed E-state index contributed by atoms with van der Waals surface area (Å²) in [7, 11) is 1.68. The van der Waals surface area contributed by atoms with Crippen molar-refractivity contribution in [3.63, 3.8) is 0 Å². The average molecular weight is 373 g/mol. The number of anilines is 1. The van der Waals surface area contributed by atoms with E-state index in [4.69, 9.17) is 5.73 Å². The Kier molecular flexibility index (Phi) is 3.76. The number of hydrogen-bond acceptors (Lipinski definition) is 4. The van der Waals surface area contributed by atoms with Crippen LogP contribution >= 0.6 is 0 Å². The number of carbonyl (C=O) groups is 1. The molecule has 2 N–H and O–H groups in total. The lowest BCUT2D eigenvalue weighted by Crippen LogP contribution is -2.37. The van der Waals surface area contributed by atoms with Crippen LogP contribution in [-0.2, 0) is 13.1 Å². The Morgan fingerprint density at radius 3 is 2.63 bits per heavy atom. The number of benzene rings is 1. The van der Waals surface area contributed by atoms with Gasteiger partial charge in [0.15, 0.2) is 11.6 Å². The molecule has 0 atom stereocenters. The van der Waals surface area contributed by atoms with Crippen molar-refractivity contribution >= 4 is 22.5 Å². The van der Waals surface area contributed by atoms with Gasteiger partial charge < -0.3 is 15.2 Å². The van der Waals surface area contributed by atoms with E-state index in [1.165, 1.54) is 6.07 Å². The lowest BCUT2D eigenvalue weighted by Gasteiger charge is -2.25. The van der Waals surface area contributed by atoms with Crippen LogP contribution in [-0.4, -0.2) is 38.7 Å². The molecular weight excluding hydrogens is 356 g/mol. The van der Waals surface area contributed by atoms with E-state index in [0.717, 1.165) is 16.8 Å². The van der Waals surface area contributed by atoms with Gasteiger partial charge in [-0.15, -0.1) is 0 Å². The molecule has 0 radical (unpaired) electrons. The Hall–Kier alpha value is -3.23. The highest BCUT2D eigenvalue weighted by atomic mass is 19.2. The topological polar surface area (TPSA) is 86.2 Å². The first-order valence-corrected chi connectivity index (χ1v) is 8.38. The third-order valence-electron chi connectivity index (χ3n) is 4.89. The van der Waals surface area contributed by atoms with Crippen molar-refractivity contribution in [2.75, 3.05) is 19.3 Å². The van der Waals surface area contributed by atoms with Gasteiger partial charge >= 0.3 is 0 Å². The van der Waals surface area contributed by atoms with Crippen molar-refractivity contribution in [3.05, 3.63) is 57.1 Å². The summed E-state index contributed by atoms with van der Waals surface area (Å²) in [6, 6.07) is 3.41. The molecule has 140 valence electrons. The molecule has 0 bridgehead atoms. The van der Waals surface area contributed by atoms with E-state index < -0.39 is 17.2 Å². The zero-order valence-electron chi connectivity index (χ0n) is 14.8. The number of rotatable bonds is 2. The van der Waals surface area contributed by atoms with Crippen molar-refractivity contribution in [1.82, 2.24) is 19.2 Å². The van der Waals surface area contributed by atoms with E-state index in [9.17, 15) is 18.4 Å². The SMILES string of the molecule is Cc1nn(Cc2ccc(F)c(F)c2)c(=O)c2c(N)c3n(c12)CCN(C)C3=O. The van der Waals surface area contributed by atoms with Crippen LogP contribution in [0.25, 0.3) is 10.9 Å². The van der Waals surface area contributed by atoms with Gasteiger partial charge in [-0.1, -0.05) is 6.07 Å². The largest absolute Gasteiger partial charge is 0.396 e. The molecule has 1 aliphatic heterocycles. The molecule has 3 aromatic rings. The first kappa shape index (κ1) is 17.2. The Labute approximate surface area is 152 Å². The predicted molar refractivity (Wildman–Crippen MR) is 95.6 cm³/mol. The molecule has 1 aromatic carbocycles. The highest BCUT2D eigenvalue weighted by molar-refractivity contribution is 6.08. The number of fused-ring (bicyclic) bond motifs is 3. The third kappa shape index (κ3) is 2.49. The van der Waals surface area contributed by atoms with Crippen molar-refractivity contribution in [2.24, 2.45) is 0 Å². The van der Waals surface area contributed by atoms with Gasteiger partial charge in [-0.05, 0) is 24.6 Å². The minimum atomic E-state index is -0.995. The van der Waals surface area contributed by atoms with Gasteiger partial charge in [-0.2, -0.15) is 5.10 Å². The Balaban J connectivity index is 1.91. The summed E-state index contributed by atoms with van der Waals surface area (Å²) in [4.78, 5) is 27.0. The molecule has 0 saturated carbocycles. The van der Waals surface area contributed by atoms with Crippen LogP contribution < -0.4 is 11.3 Å². The van der Waals surface area contributed by atoms with E-state index in [-0.39, 0.29) is 29.2 Å². The smallest absolute Gasteiger partial charge is 0.278 e. The second-order valence-electron chi connectivity index (χ2n) is 6.66. The zero-order valence-corrected chi connectivity index (χ0v) is 14.8. The van der Waals surface area contributed by atoms with Crippen molar-refractivity contribution in [2.45, 2.75) is 20.0 Å². The normalized spacial score (nSPS) is 14.1. The van der Waals surface area contributed by atoms with Gasteiger partial charge in [0, 0.05) is 20.1 Å². The van der Waals surface area contributed by atoms with Crippen LogP contribution in [0.15, 0.2) is 23.0 Å². The van der Waals surface area contributed by atoms with E-state index in [1.807, 2.05) is 0 Å². The summed E-state index contributed by atoms with van der Waals surface area (Å²) in [5.74, 6) is -2.20. The molecule has 3 heterocycles. The van der Waals surface area contributed by atoms with Crippen LogP contribution in [0.4, 0.5) is 14.5 Å². The maximum atomic E-state index is 13.5. The van der Waals surface area contributed by atoms with Gasteiger partial charge in [-0.3, -0.25) is 9.59 Å². The Morgan fingerprint density at radius 2 is 1.93 bits per heavy atom. The van der Waals surface area contributed by atoms with Gasteiger partial charge in [0.25, 0.3) is 11.5 Å². The number of nitrogens with zero attached hydrogens (tertiary/aromatic N) is 4. The van der Waals surface area contributed by atoms with Crippen LogP contribution in [0, 0.1) is 18.6 Å². The quantitative estimate of drug-likeness (QED) is 0.738. The summed E-state index contributed by atoms with van der Waals surface area (Å²) in [5, 5.41) is 4.53. The van der Waals surface area contributed by atoms with Crippen LogP contribution in [0.1, 0.15) is 21.7 Å². The van der Waals surface area contributed by atoms with E-state index >= 15 is 0 Å². The number of nitrogen functional groups attached to an aromatic ring is 1. The lowest BCUT2D eigenvalue weighted by atomic mass is 10.2. The fourth-order valence-electron chi connectivity index (χ4n) is 3.54. The second kappa shape index (κ2) is 5.90. The summed E-state index contributed by atoms with van der Waals surface area (Å²) in [6.07, 6.45) is 0. The highest BCUT2D eigenvalue weighted by Gasteiger charge is 2.30.